The van der Waals surface area contributed by atoms with E-state index in [1.54, 1.807) is 0 Å². The molecule has 104 valence electrons. The summed E-state index contributed by atoms with van der Waals surface area (Å²) in [6.07, 6.45) is 6.45. The van der Waals surface area contributed by atoms with E-state index in [1.807, 2.05) is 31.3 Å². The van der Waals surface area contributed by atoms with E-state index in [4.69, 9.17) is 0 Å². The molecular formula is C15H21BrN2O. The lowest BCUT2D eigenvalue weighted by molar-refractivity contribution is -0.117. The predicted octanol–water partition coefficient (Wildman–Crippen LogP) is 3.70. The second-order valence-electron chi connectivity index (χ2n) is 5.33. The van der Waals surface area contributed by atoms with Gasteiger partial charge in [0.25, 0.3) is 0 Å². The van der Waals surface area contributed by atoms with Crippen LogP contribution < -0.4 is 10.6 Å². The Morgan fingerprint density at radius 1 is 1.32 bits per heavy atom. The van der Waals surface area contributed by atoms with Crippen LogP contribution in [0.25, 0.3) is 0 Å². The zero-order valence-corrected chi connectivity index (χ0v) is 12.9. The molecule has 0 aliphatic heterocycles. The third kappa shape index (κ3) is 4.05. The van der Waals surface area contributed by atoms with Crippen LogP contribution in [-0.2, 0) is 4.79 Å². The molecule has 1 aromatic carbocycles. The molecule has 0 unspecified atom stereocenters. The monoisotopic (exact) mass is 324 g/mol. The molecule has 2 rings (SSSR count). The third-order valence-electron chi connectivity index (χ3n) is 3.95. The SMILES string of the molecule is CNC1(CC(=O)Nc2cccc(Br)c2)CCCCC1. The number of carbonyl (C=O) groups excluding carboxylic acids is 1. The molecule has 0 saturated heterocycles. The maximum atomic E-state index is 12.2. The number of hydrogen-bond donors (Lipinski definition) is 2. The number of nitrogens with one attached hydrogen (secondary N) is 2. The second kappa shape index (κ2) is 6.53. The molecule has 0 radical (unpaired) electrons. The van der Waals surface area contributed by atoms with Crippen LogP contribution in [0.3, 0.4) is 0 Å². The zero-order chi connectivity index (χ0) is 13.7. The van der Waals surface area contributed by atoms with Crippen molar-refractivity contribution in [3.63, 3.8) is 0 Å². The number of halogens is 1. The lowest BCUT2D eigenvalue weighted by Crippen LogP contribution is -2.47. The highest BCUT2D eigenvalue weighted by Gasteiger charge is 2.32. The number of benzene rings is 1. The van der Waals surface area contributed by atoms with Crippen LogP contribution >= 0.6 is 15.9 Å². The van der Waals surface area contributed by atoms with Gasteiger partial charge in [-0.15, -0.1) is 0 Å². The number of anilines is 1. The number of carbonyl (C=O) groups is 1. The normalized spacial score (nSPS) is 18.0. The summed E-state index contributed by atoms with van der Waals surface area (Å²) >= 11 is 3.41. The Morgan fingerprint density at radius 2 is 2.05 bits per heavy atom. The fourth-order valence-electron chi connectivity index (χ4n) is 2.82. The topological polar surface area (TPSA) is 41.1 Å². The van der Waals surface area contributed by atoms with Gasteiger partial charge in [0, 0.05) is 22.1 Å². The Bertz CT molecular complexity index is 442. The molecule has 1 saturated carbocycles. The van der Waals surface area contributed by atoms with Crippen LogP contribution in [0.5, 0.6) is 0 Å². The molecule has 0 spiro atoms. The lowest BCUT2D eigenvalue weighted by atomic mass is 9.79. The van der Waals surface area contributed by atoms with Gasteiger partial charge in [0.05, 0.1) is 0 Å². The van der Waals surface area contributed by atoms with Gasteiger partial charge in [0.2, 0.25) is 5.91 Å². The fourth-order valence-corrected chi connectivity index (χ4v) is 3.22. The van der Waals surface area contributed by atoms with E-state index in [9.17, 15) is 4.79 Å². The van der Waals surface area contributed by atoms with Crippen molar-refractivity contribution in [3.8, 4) is 0 Å². The second-order valence-corrected chi connectivity index (χ2v) is 6.24. The Labute approximate surface area is 123 Å². The molecule has 1 fully saturated rings. The molecule has 1 aliphatic carbocycles. The summed E-state index contributed by atoms with van der Waals surface area (Å²) in [5.74, 6) is 0.0920. The molecule has 2 N–H and O–H groups in total. The quantitative estimate of drug-likeness (QED) is 0.886. The van der Waals surface area contributed by atoms with E-state index in [0.717, 1.165) is 23.0 Å². The van der Waals surface area contributed by atoms with E-state index >= 15 is 0 Å². The number of rotatable bonds is 4. The third-order valence-corrected chi connectivity index (χ3v) is 4.44. The molecular weight excluding hydrogens is 304 g/mol. The first-order valence-electron chi connectivity index (χ1n) is 6.88. The van der Waals surface area contributed by atoms with Crippen molar-refractivity contribution < 1.29 is 4.79 Å². The zero-order valence-electron chi connectivity index (χ0n) is 11.3. The fraction of sp³-hybridized carbons (Fsp3) is 0.533. The van der Waals surface area contributed by atoms with Gasteiger partial charge in [0.15, 0.2) is 0 Å². The molecule has 4 heteroatoms. The largest absolute Gasteiger partial charge is 0.326 e. The molecule has 3 nitrogen and oxygen atoms in total. The Balaban J connectivity index is 1.96. The average molecular weight is 325 g/mol. The molecule has 1 aromatic rings. The highest BCUT2D eigenvalue weighted by molar-refractivity contribution is 9.10. The van der Waals surface area contributed by atoms with Crippen LogP contribution in [0.15, 0.2) is 28.7 Å². The lowest BCUT2D eigenvalue weighted by Gasteiger charge is -2.36. The van der Waals surface area contributed by atoms with Crippen LogP contribution in [-0.4, -0.2) is 18.5 Å². The molecule has 1 aliphatic rings. The van der Waals surface area contributed by atoms with Crippen LogP contribution in [0.1, 0.15) is 38.5 Å². The standard InChI is InChI=1S/C15H21BrN2O/c1-17-15(8-3-2-4-9-15)11-14(19)18-13-7-5-6-12(16)10-13/h5-7,10,17H,2-4,8-9,11H2,1H3,(H,18,19). The van der Waals surface area contributed by atoms with Crippen LogP contribution in [0.2, 0.25) is 0 Å². The summed E-state index contributed by atoms with van der Waals surface area (Å²) in [6, 6.07) is 7.71. The highest BCUT2D eigenvalue weighted by Crippen LogP contribution is 2.31. The summed E-state index contributed by atoms with van der Waals surface area (Å²) < 4.78 is 0.978. The smallest absolute Gasteiger partial charge is 0.226 e. The summed E-state index contributed by atoms with van der Waals surface area (Å²) in [4.78, 5) is 12.2. The minimum absolute atomic E-state index is 0.00561. The van der Waals surface area contributed by atoms with Crippen molar-refractivity contribution in [2.75, 3.05) is 12.4 Å². The van der Waals surface area contributed by atoms with Crippen molar-refractivity contribution >= 4 is 27.5 Å². The predicted molar refractivity (Wildman–Crippen MR) is 82.3 cm³/mol. The van der Waals surface area contributed by atoms with E-state index in [0.29, 0.717) is 6.42 Å². The van der Waals surface area contributed by atoms with E-state index < -0.39 is 0 Å². The van der Waals surface area contributed by atoms with E-state index in [1.165, 1.54) is 19.3 Å². The Morgan fingerprint density at radius 3 is 2.68 bits per heavy atom. The molecule has 0 atom stereocenters. The van der Waals surface area contributed by atoms with Gasteiger partial charge in [-0.05, 0) is 38.1 Å². The van der Waals surface area contributed by atoms with Gasteiger partial charge in [-0.1, -0.05) is 41.3 Å². The van der Waals surface area contributed by atoms with Crippen molar-refractivity contribution in [1.82, 2.24) is 5.32 Å². The van der Waals surface area contributed by atoms with Crippen molar-refractivity contribution in [1.29, 1.82) is 0 Å². The Hall–Kier alpha value is -0.870. The summed E-state index contributed by atoms with van der Waals surface area (Å²) in [5.41, 5.74) is 0.843. The van der Waals surface area contributed by atoms with Crippen molar-refractivity contribution in [2.45, 2.75) is 44.1 Å². The molecule has 19 heavy (non-hydrogen) atoms. The molecule has 0 heterocycles. The van der Waals surface area contributed by atoms with Crippen molar-refractivity contribution in [2.24, 2.45) is 0 Å². The van der Waals surface area contributed by atoms with Gasteiger partial charge < -0.3 is 10.6 Å². The highest BCUT2D eigenvalue weighted by atomic mass is 79.9. The maximum absolute atomic E-state index is 12.2. The molecule has 0 bridgehead atoms. The van der Waals surface area contributed by atoms with Crippen LogP contribution in [0, 0.1) is 0 Å². The minimum Gasteiger partial charge on any atom is -0.326 e. The van der Waals surface area contributed by atoms with Crippen LogP contribution in [0.4, 0.5) is 5.69 Å². The number of hydrogen-bond acceptors (Lipinski definition) is 2. The van der Waals surface area contributed by atoms with Gasteiger partial charge in [-0.25, -0.2) is 0 Å². The summed E-state index contributed by atoms with van der Waals surface area (Å²) in [7, 11) is 1.97. The maximum Gasteiger partial charge on any atom is 0.226 e. The molecule has 0 aromatic heterocycles. The van der Waals surface area contributed by atoms with Gasteiger partial charge in [0.1, 0.15) is 0 Å². The van der Waals surface area contributed by atoms with Gasteiger partial charge >= 0.3 is 0 Å². The van der Waals surface area contributed by atoms with E-state index in [-0.39, 0.29) is 11.4 Å². The van der Waals surface area contributed by atoms with Gasteiger partial charge in [-0.2, -0.15) is 0 Å². The first kappa shape index (κ1) is 14.5. The first-order valence-corrected chi connectivity index (χ1v) is 7.67. The van der Waals surface area contributed by atoms with E-state index in [2.05, 4.69) is 26.6 Å². The summed E-state index contributed by atoms with van der Waals surface area (Å²) in [6.45, 7) is 0. The summed E-state index contributed by atoms with van der Waals surface area (Å²) in [5, 5.41) is 6.36. The number of amides is 1. The van der Waals surface area contributed by atoms with Crippen molar-refractivity contribution in [3.05, 3.63) is 28.7 Å². The van der Waals surface area contributed by atoms with Gasteiger partial charge in [-0.3, -0.25) is 4.79 Å². The first-order chi connectivity index (χ1) is 9.13. The average Bonchev–Trinajstić information content (AvgIpc) is 2.39. The Kier molecular flexibility index (Phi) is 4.99. The molecule has 1 amide bonds. The minimum atomic E-state index is -0.00561.